The number of hydrogen-bond acceptors (Lipinski definition) is 6. The van der Waals surface area contributed by atoms with Gasteiger partial charge < -0.3 is 0 Å². The van der Waals surface area contributed by atoms with Crippen LogP contribution in [0, 0.1) is 5.81 Å². The van der Waals surface area contributed by atoms with Gasteiger partial charge in [0.25, 0.3) is 0 Å². The molecule has 2 heterocycles. The van der Waals surface area contributed by atoms with Gasteiger partial charge in [0.1, 0.15) is 0 Å². The molecule has 7 heteroatoms. The molecule has 0 unspecified atom stereocenters. The standard InChI is InChI=1S/C11H5O5PS/c12-11(16-5-17-13)10-2-6-1-7-8(15-4-14-7)3-9(6)18-10/h1-3H,4H2. The molecule has 0 fully saturated rings. The molecule has 0 amide bonds. The first-order valence-electron chi connectivity index (χ1n) is 4.89. The van der Waals surface area contributed by atoms with Gasteiger partial charge in [-0.2, -0.15) is 0 Å². The van der Waals surface area contributed by atoms with Crippen molar-refractivity contribution < 1.29 is 23.6 Å². The van der Waals surface area contributed by atoms with Crippen LogP contribution in [-0.4, -0.2) is 12.8 Å². The summed E-state index contributed by atoms with van der Waals surface area (Å²) in [6.45, 7) is 0.216. The van der Waals surface area contributed by atoms with Crippen LogP contribution in [0.2, 0.25) is 0 Å². The average Bonchev–Trinajstić information content (AvgIpc) is 2.97. The summed E-state index contributed by atoms with van der Waals surface area (Å²) >= 11 is 1.27. The third-order valence-electron chi connectivity index (χ3n) is 2.39. The molecule has 0 N–H and O–H groups in total. The van der Waals surface area contributed by atoms with E-state index in [4.69, 9.17) is 9.47 Å². The Morgan fingerprint density at radius 2 is 2.11 bits per heavy atom. The second-order valence-corrected chi connectivity index (χ2v) is 4.87. The molecule has 0 saturated carbocycles. The summed E-state index contributed by atoms with van der Waals surface area (Å²) in [7, 11) is -0.459. The number of ether oxygens (including phenoxy) is 3. The number of benzene rings is 1. The number of carbonyl (C=O) groups excluding carboxylic acids is 1. The number of esters is 1. The molecule has 2 aromatic rings. The van der Waals surface area contributed by atoms with E-state index in [0.29, 0.717) is 16.4 Å². The van der Waals surface area contributed by atoms with Gasteiger partial charge in [0.15, 0.2) is 0 Å². The fraction of sp³-hybridized carbons (Fsp3) is 0.0909. The molecule has 5 nitrogen and oxygen atoms in total. The Kier molecular flexibility index (Phi) is 2.84. The molecule has 0 bridgehead atoms. The number of hydrogen-bond donors (Lipinski definition) is 0. The van der Waals surface area contributed by atoms with Crippen LogP contribution in [0.1, 0.15) is 9.67 Å². The van der Waals surface area contributed by atoms with Crippen LogP contribution in [0.3, 0.4) is 0 Å². The number of carbonyl (C=O) groups is 1. The van der Waals surface area contributed by atoms with Crippen molar-refractivity contribution in [1.82, 2.24) is 0 Å². The monoisotopic (exact) mass is 280 g/mol. The van der Waals surface area contributed by atoms with Gasteiger partial charge in [-0.25, -0.2) is 0 Å². The summed E-state index contributed by atoms with van der Waals surface area (Å²) < 4.78 is 26.1. The van der Waals surface area contributed by atoms with E-state index in [1.807, 2.05) is 17.9 Å². The minimum absolute atomic E-state index is 0.216. The maximum absolute atomic E-state index is 11.5. The van der Waals surface area contributed by atoms with Crippen LogP contribution in [0.15, 0.2) is 18.2 Å². The van der Waals surface area contributed by atoms with Crippen LogP contribution in [0.4, 0.5) is 0 Å². The second kappa shape index (κ2) is 4.50. The quantitative estimate of drug-likeness (QED) is 0.593. The Bertz CT molecular complexity index is 704. The molecule has 0 saturated heterocycles. The minimum atomic E-state index is -0.582. The van der Waals surface area contributed by atoms with Crippen molar-refractivity contribution in [3.8, 4) is 17.3 Å². The molecule has 3 rings (SSSR count). The third-order valence-corrected chi connectivity index (χ3v) is 3.63. The van der Waals surface area contributed by atoms with Gasteiger partial charge in [0.05, 0.1) is 0 Å². The predicted molar refractivity (Wildman–Crippen MR) is 64.9 cm³/mol. The first-order valence-corrected chi connectivity index (χ1v) is 6.52. The summed E-state index contributed by atoms with van der Waals surface area (Å²) in [6, 6.07) is 5.32. The van der Waals surface area contributed by atoms with E-state index in [1.54, 1.807) is 6.07 Å². The molecule has 18 heavy (non-hydrogen) atoms. The van der Waals surface area contributed by atoms with Crippen molar-refractivity contribution in [3.05, 3.63) is 23.1 Å². The van der Waals surface area contributed by atoms with Gasteiger partial charge in [-0.3, -0.25) is 0 Å². The van der Waals surface area contributed by atoms with Crippen molar-refractivity contribution in [2.24, 2.45) is 0 Å². The van der Waals surface area contributed by atoms with Gasteiger partial charge in [-0.1, -0.05) is 0 Å². The fourth-order valence-electron chi connectivity index (χ4n) is 1.64. The van der Waals surface area contributed by atoms with Crippen LogP contribution >= 0.6 is 19.3 Å². The van der Waals surface area contributed by atoms with Gasteiger partial charge >= 0.3 is 106 Å². The van der Waals surface area contributed by atoms with E-state index in [1.165, 1.54) is 11.3 Å². The van der Waals surface area contributed by atoms with E-state index in [-0.39, 0.29) is 6.79 Å². The Hall–Kier alpha value is -1.74. The summed E-state index contributed by atoms with van der Waals surface area (Å²) in [6.07, 6.45) is 0. The second-order valence-electron chi connectivity index (χ2n) is 3.43. The van der Waals surface area contributed by atoms with Gasteiger partial charge in [-0.05, 0) is 0 Å². The van der Waals surface area contributed by atoms with E-state index in [0.717, 1.165) is 10.1 Å². The molecule has 90 valence electrons. The molecule has 1 aromatic carbocycles. The topological polar surface area (TPSA) is 61.8 Å². The van der Waals surface area contributed by atoms with E-state index < -0.39 is 13.9 Å². The molecule has 1 aliphatic rings. The Balaban J connectivity index is 2.03. The first kappa shape index (κ1) is 11.4. The molecule has 1 aliphatic heterocycles. The Morgan fingerprint density at radius 3 is 2.89 bits per heavy atom. The molecule has 0 radical (unpaired) electrons. The van der Waals surface area contributed by atoms with Gasteiger partial charge in [-0.15, -0.1) is 0 Å². The molecule has 0 spiro atoms. The third kappa shape index (κ3) is 1.91. The number of fused-ring (bicyclic) bond motifs is 2. The van der Waals surface area contributed by atoms with Crippen molar-refractivity contribution in [3.63, 3.8) is 0 Å². The summed E-state index contributed by atoms with van der Waals surface area (Å²) in [5.41, 5.74) is 0. The van der Waals surface area contributed by atoms with Crippen molar-refractivity contribution in [2.75, 3.05) is 6.79 Å². The maximum atomic E-state index is 11.5. The zero-order valence-electron chi connectivity index (χ0n) is 8.84. The van der Waals surface area contributed by atoms with Crippen molar-refractivity contribution >= 4 is 35.3 Å². The SMILES string of the molecule is O=P#COC(=O)c1cc2cc3c(cc2s1)OCO3. The summed E-state index contributed by atoms with van der Waals surface area (Å²) in [4.78, 5) is 12.0. The molecule has 1 aromatic heterocycles. The van der Waals surface area contributed by atoms with Crippen LogP contribution in [0.5, 0.6) is 11.5 Å². The normalized spacial score (nSPS) is 12.2. The molecule has 0 atom stereocenters. The van der Waals surface area contributed by atoms with Crippen LogP contribution in [0.25, 0.3) is 10.1 Å². The summed E-state index contributed by atoms with van der Waals surface area (Å²) in [5, 5.41) is 0.871. The Labute approximate surface area is 106 Å². The van der Waals surface area contributed by atoms with Crippen LogP contribution in [-0.2, 0) is 9.30 Å². The van der Waals surface area contributed by atoms with Gasteiger partial charge in [0.2, 0.25) is 0 Å². The zero-order valence-corrected chi connectivity index (χ0v) is 10.5. The van der Waals surface area contributed by atoms with Crippen LogP contribution < -0.4 is 9.47 Å². The van der Waals surface area contributed by atoms with E-state index in [9.17, 15) is 9.36 Å². The fourth-order valence-corrected chi connectivity index (χ4v) is 2.71. The first-order chi connectivity index (χ1) is 8.78. The molecular weight excluding hydrogens is 275 g/mol. The van der Waals surface area contributed by atoms with E-state index in [2.05, 4.69) is 4.74 Å². The van der Waals surface area contributed by atoms with Crippen molar-refractivity contribution in [2.45, 2.75) is 0 Å². The zero-order chi connectivity index (χ0) is 12.5. The molecular formula is C11H5O5PS. The van der Waals surface area contributed by atoms with Gasteiger partial charge in [0, 0.05) is 0 Å². The number of thiophene rings is 1. The van der Waals surface area contributed by atoms with Crippen molar-refractivity contribution in [1.29, 1.82) is 0 Å². The van der Waals surface area contributed by atoms with E-state index >= 15 is 0 Å². The Morgan fingerprint density at radius 1 is 1.33 bits per heavy atom. The summed E-state index contributed by atoms with van der Waals surface area (Å²) in [5.74, 6) is 2.71. The molecule has 0 aliphatic carbocycles. The predicted octanol–water partition coefficient (Wildman–Crippen LogP) is 3.00. The average molecular weight is 280 g/mol. The number of rotatable bonds is 1.